The minimum absolute atomic E-state index is 0.175. The molecule has 150 valence electrons. The van der Waals surface area contributed by atoms with Gasteiger partial charge in [-0.3, -0.25) is 9.78 Å². The van der Waals surface area contributed by atoms with Crippen molar-refractivity contribution in [3.05, 3.63) is 78.2 Å². The van der Waals surface area contributed by atoms with Crippen molar-refractivity contribution in [2.75, 3.05) is 23.9 Å². The number of hydrogen-bond donors (Lipinski definition) is 2. The minimum atomic E-state index is -0.175. The lowest BCUT2D eigenvalue weighted by Crippen LogP contribution is -2.26. The monoisotopic (exact) mass is 398 g/mol. The highest BCUT2D eigenvalue weighted by molar-refractivity contribution is 6.05. The summed E-state index contributed by atoms with van der Waals surface area (Å²) in [5.74, 6) is 0.630. The Hall–Kier alpha value is -3.80. The average Bonchev–Trinajstić information content (AvgIpc) is 3.26. The lowest BCUT2D eigenvalue weighted by atomic mass is 10.0. The van der Waals surface area contributed by atoms with E-state index in [9.17, 15) is 4.79 Å². The molecule has 30 heavy (non-hydrogen) atoms. The van der Waals surface area contributed by atoms with E-state index in [-0.39, 0.29) is 5.91 Å². The Kier molecular flexibility index (Phi) is 4.59. The zero-order chi connectivity index (χ0) is 20.5. The number of carbonyl (C=O) groups excluding carboxylic acids is 1. The Bertz CT molecular complexity index is 1230. The zero-order valence-corrected chi connectivity index (χ0v) is 16.7. The second kappa shape index (κ2) is 7.55. The van der Waals surface area contributed by atoms with Gasteiger partial charge in [-0.05, 0) is 55.3 Å². The summed E-state index contributed by atoms with van der Waals surface area (Å²) in [4.78, 5) is 22.9. The van der Waals surface area contributed by atoms with Crippen LogP contribution in [0.15, 0.2) is 67.0 Å². The number of rotatable bonds is 4. The molecule has 2 N–H and O–H groups in total. The first-order valence-electron chi connectivity index (χ1n) is 10.0. The average molecular weight is 398 g/mol. The van der Waals surface area contributed by atoms with Crippen LogP contribution in [-0.4, -0.2) is 29.5 Å². The van der Waals surface area contributed by atoms with Crippen LogP contribution in [0.3, 0.4) is 0 Å². The van der Waals surface area contributed by atoms with E-state index in [1.165, 1.54) is 0 Å². The third kappa shape index (κ3) is 3.26. The molecule has 6 nitrogen and oxygen atoms in total. The summed E-state index contributed by atoms with van der Waals surface area (Å²) in [6, 6.07) is 17.6. The summed E-state index contributed by atoms with van der Waals surface area (Å²) in [6.07, 6.45) is 5.44. The Morgan fingerprint density at radius 3 is 2.93 bits per heavy atom. The van der Waals surface area contributed by atoms with E-state index in [1.54, 1.807) is 13.3 Å². The molecule has 0 saturated carbocycles. The molecule has 2 aromatic heterocycles. The second-order valence-corrected chi connectivity index (χ2v) is 7.35. The third-order valence-corrected chi connectivity index (χ3v) is 5.48. The number of nitrogens with one attached hydrogen (secondary N) is 2. The van der Waals surface area contributed by atoms with Crippen molar-refractivity contribution < 1.29 is 9.53 Å². The molecule has 5 rings (SSSR count). The number of H-pyrrole nitrogens is 1. The number of aromatic nitrogens is 2. The highest BCUT2D eigenvalue weighted by Crippen LogP contribution is 2.38. The number of anilines is 3. The van der Waals surface area contributed by atoms with Crippen LogP contribution in [0.2, 0.25) is 0 Å². The Balaban J connectivity index is 1.46. The van der Waals surface area contributed by atoms with Gasteiger partial charge >= 0.3 is 0 Å². The van der Waals surface area contributed by atoms with Gasteiger partial charge < -0.3 is 19.9 Å². The molecule has 1 aliphatic heterocycles. The first-order valence-corrected chi connectivity index (χ1v) is 10.0. The molecule has 0 unspecified atom stereocenters. The largest absolute Gasteiger partial charge is 0.495 e. The molecule has 0 fully saturated rings. The Morgan fingerprint density at radius 2 is 2.03 bits per heavy atom. The summed E-state index contributed by atoms with van der Waals surface area (Å²) in [7, 11) is 1.67. The first-order chi connectivity index (χ1) is 14.7. The molecule has 0 radical (unpaired) electrons. The van der Waals surface area contributed by atoms with Gasteiger partial charge in [0, 0.05) is 35.5 Å². The lowest BCUT2D eigenvalue weighted by Gasteiger charge is -2.31. The highest BCUT2D eigenvalue weighted by atomic mass is 16.5. The van der Waals surface area contributed by atoms with E-state index >= 15 is 0 Å². The number of ether oxygens (including phenoxy) is 1. The molecule has 1 amide bonds. The predicted molar refractivity (Wildman–Crippen MR) is 119 cm³/mol. The quantitative estimate of drug-likeness (QED) is 0.513. The molecule has 0 spiro atoms. The van der Waals surface area contributed by atoms with E-state index < -0.39 is 0 Å². The molecular weight excluding hydrogens is 376 g/mol. The van der Waals surface area contributed by atoms with E-state index in [4.69, 9.17) is 4.74 Å². The highest BCUT2D eigenvalue weighted by Gasteiger charge is 2.23. The lowest BCUT2D eigenvalue weighted by molar-refractivity contribution is 0.102. The van der Waals surface area contributed by atoms with Gasteiger partial charge in [0.1, 0.15) is 5.75 Å². The van der Waals surface area contributed by atoms with Crippen LogP contribution in [0.25, 0.3) is 10.9 Å². The van der Waals surface area contributed by atoms with Crippen LogP contribution in [0.1, 0.15) is 22.5 Å². The van der Waals surface area contributed by atoms with Gasteiger partial charge in [-0.25, -0.2) is 0 Å². The third-order valence-electron chi connectivity index (χ3n) is 5.48. The maximum absolute atomic E-state index is 12.9. The van der Waals surface area contributed by atoms with Crippen LogP contribution in [-0.2, 0) is 6.42 Å². The van der Waals surface area contributed by atoms with Crippen LogP contribution >= 0.6 is 0 Å². The van der Waals surface area contributed by atoms with Crippen molar-refractivity contribution in [3.63, 3.8) is 0 Å². The maximum atomic E-state index is 12.9. The van der Waals surface area contributed by atoms with Gasteiger partial charge in [0.25, 0.3) is 5.91 Å². The molecule has 6 heteroatoms. The summed E-state index contributed by atoms with van der Waals surface area (Å²) in [6.45, 7) is 0.851. The summed E-state index contributed by atoms with van der Waals surface area (Å²) in [5, 5.41) is 4.04. The van der Waals surface area contributed by atoms with Crippen molar-refractivity contribution in [3.8, 4) is 5.75 Å². The van der Waals surface area contributed by atoms with Gasteiger partial charge in [0.2, 0.25) is 0 Å². The SMILES string of the molecule is COc1ccccc1N1CCCc2ncc(C(=O)Nc3ccc4[nH]ccc4c3)cc21. The van der Waals surface area contributed by atoms with Gasteiger partial charge in [-0.2, -0.15) is 0 Å². The normalized spacial score (nSPS) is 13.2. The number of methoxy groups -OCH3 is 1. The van der Waals surface area contributed by atoms with Crippen LogP contribution < -0.4 is 15.0 Å². The van der Waals surface area contributed by atoms with Gasteiger partial charge in [-0.1, -0.05) is 12.1 Å². The van der Waals surface area contributed by atoms with Gasteiger partial charge in [0.15, 0.2) is 0 Å². The fraction of sp³-hybridized carbons (Fsp3) is 0.167. The predicted octanol–water partition coefficient (Wildman–Crippen LogP) is 4.91. The maximum Gasteiger partial charge on any atom is 0.257 e. The van der Waals surface area contributed by atoms with Crippen LogP contribution in [0, 0.1) is 0 Å². The summed E-state index contributed by atoms with van der Waals surface area (Å²) >= 11 is 0. The number of aryl methyl sites for hydroxylation is 1. The van der Waals surface area contributed by atoms with E-state index in [0.717, 1.165) is 58.8 Å². The number of aromatic amines is 1. The number of fused-ring (bicyclic) bond motifs is 2. The fourth-order valence-corrected chi connectivity index (χ4v) is 3.99. The van der Waals surface area contributed by atoms with Crippen molar-refractivity contribution in [1.29, 1.82) is 0 Å². The molecular formula is C24H22N4O2. The second-order valence-electron chi connectivity index (χ2n) is 7.35. The molecule has 0 aliphatic carbocycles. The standard InChI is InChI=1S/C24H22N4O2/c1-30-23-7-3-2-6-21(23)28-12-4-5-20-22(28)14-17(15-26-20)24(29)27-18-8-9-19-16(13-18)10-11-25-19/h2-3,6-11,13-15,25H,4-5,12H2,1H3,(H,27,29). The molecule has 3 heterocycles. The Morgan fingerprint density at radius 1 is 1.13 bits per heavy atom. The van der Waals surface area contributed by atoms with Gasteiger partial charge in [0.05, 0.1) is 29.7 Å². The number of nitrogens with zero attached hydrogens (tertiary/aromatic N) is 2. The molecule has 2 aromatic carbocycles. The fourth-order valence-electron chi connectivity index (χ4n) is 3.99. The topological polar surface area (TPSA) is 70.2 Å². The zero-order valence-electron chi connectivity index (χ0n) is 16.7. The molecule has 0 atom stereocenters. The molecule has 0 bridgehead atoms. The van der Waals surface area contributed by atoms with Crippen molar-refractivity contribution in [2.24, 2.45) is 0 Å². The molecule has 1 aliphatic rings. The minimum Gasteiger partial charge on any atom is -0.495 e. The summed E-state index contributed by atoms with van der Waals surface area (Å²) < 4.78 is 5.55. The molecule has 4 aromatic rings. The number of amides is 1. The van der Waals surface area contributed by atoms with Gasteiger partial charge in [-0.15, -0.1) is 0 Å². The van der Waals surface area contributed by atoms with E-state index in [2.05, 4.69) is 20.2 Å². The van der Waals surface area contributed by atoms with E-state index in [1.807, 2.05) is 60.8 Å². The van der Waals surface area contributed by atoms with E-state index in [0.29, 0.717) is 5.56 Å². The van der Waals surface area contributed by atoms with Crippen molar-refractivity contribution in [2.45, 2.75) is 12.8 Å². The smallest absolute Gasteiger partial charge is 0.257 e. The number of benzene rings is 2. The van der Waals surface area contributed by atoms with Crippen molar-refractivity contribution >= 4 is 33.9 Å². The van der Waals surface area contributed by atoms with Crippen LogP contribution in [0.4, 0.5) is 17.1 Å². The number of pyridine rings is 1. The number of carbonyl (C=O) groups is 1. The first kappa shape index (κ1) is 18.2. The Labute approximate surface area is 174 Å². The van der Waals surface area contributed by atoms with Crippen molar-refractivity contribution in [1.82, 2.24) is 9.97 Å². The number of hydrogen-bond acceptors (Lipinski definition) is 4. The summed E-state index contributed by atoms with van der Waals surface area (Å²) in [5.41, 5.74) is 5.27. The van der Waals surface area contributed by atoms with Crippen LogP contribution in [0.5, 0.6) is 5.75 Å². The molecule has 0 saturated heterocycles. The number of para-hydroxylation sites is 2.